The fourth-order valence-electron chi connectivity index (χ4n) is 5.15. The van der Waals surface area contributed by atoms with Crippen molar-refractivity contribution in [3.8, 4) is 22.6 Å². The molecule has 0 bridgehead atoms. The molecule has 0 atom stereocenters. The van der Waals surface area contributed by atoms with E-state index in [0.29, 0.717) is 24.0 Å². The highest BCUT2D eigenvalue weighted by Gasteiger charge is 2.31. The van der Waals surface area contributed by atoms with Crippen LogP contribution in [0.1, 0.15) is 37.8 Å². The number of piperidine rings is 1. The van der Waals surface area contributed by atoms with Crippen LogP contribution in [0, 0.1) is 12.8 Å². The molecule has 0 amide bonds. The first-order valence-electron chi connectivity index (χ1n) is 12.8. The van der Waals surface area contributed by atoms with Crippen LogP contribution in [0.4, 0.5) is 5.82 Å². The Kier molecular flexibility index (Phi) is 6.98. The minimum Gasteiger partial charge on any atom is -0.493 e. The SMILES string of the molecule is COc1cc2nncc(-c3cnc(N4CCC(C(C)(C)O)CC4)c(C)c3)c2cc1OCc1ccccc1. The van der Waals surface area contributed by atoms with Crippen molar-refractivity contribution >= 4 is 16.7 Å². The van der Waals surface area contributed by atoms with E-state index in [2.05, 4.69) is 28.1 Å². The van der Waals surface area contributed by atoms with E-state index in [1.807, 2.05) is 62.5 Å². The predicted octanol–water partition coefficient (Wildman–Crippen LogP) is 5.58. The Labute approximate surface area is 218 Å². The van der Waals surface area contributed by atoms with E-state index in [4.69, 9.17) is 14.5 Å². The summed E-state index contributed by atoms with van der Waals surface area (Å²) in [5, 5.41) is 19.9. The van der Waals surface area contributed by atoms with Gasteiger partial charge >= 0.3 is 0 Å². The number of anilines is 1. The third kappa shape index (κ3) is 5.37. The van der Waals surface area contributed by atoms with E-state index in [9.17, 15) is 5.11 Å². The van der Waals surface area contributed by atoms with Gasteiger partial charge in [-0.2, -0.15) is 10.2 Å². The zero-order valence-corrected chi connectivity index (χ0v) is 21.9. The lowest BCUT2D eigenvalue weighted by molar-refractivity contribution is 0.00645. The van der Waals surface area contributed by atoms with Gasteiger partial charge in [0, 0.05) is 41.9 Å². The van der Waals surface area contributed by atoms with E-state index < -0.39 is 5.60 Å². The van der Waals surface area contributed by atoms with Crippen molar-refractivity contribution in [1.82, 2.24) is 15.2 Å². The molecule has 0 unspecified atom stereocenters. The van der Waals surface area contributed by atoms with Gasteiger partial charge in [-0.3, -0.25) is 0 Å². The molecule has 37 heavy (non-hydrogen) atoms. The minimum absolute atomic E-state index is 0.313. The zero-order valence-electron chi connectivity index (χ0n) is 21.9. The lowest BCUT2D eigenvalue weighted by atomic mass is 9.83. The molecule has 3 heterocycles. The Hall–Kier alpha value is -3.71. The summed E-state index contributed by atoms with van der Waals surface area (Å²) < 4.78 is 11.7. The highest BCUT2D eigenvalue weighted by Crippen LogP contribution is 2.37. The smallest absolute Gasteiger partial charge is 0.163 e. The molecule has 0 radical (unpaired) electrons. The Morgan fingerprint density at radius 1 is 1.03 bits per heavy atom. The molecule has 0 aliphatic carbocycles. The first-order chi connectivity index (χ1) is 17.8. The number of hydrogen-bond donors (Lipinski definition) is 1. The lowest BCUT2D eigenvalue weighted by Gasteiger charge is -2.38. The molecule has 1 aliphatic rings. The van der Waals surface area contributed by atoms with Crippen molar-refractivity contribution in [2.24, 2.45) is 5.92 Å². The molecular formula is C30H34N4O3. The quantitative estimate of drug-likeness (QED) is 0.356. The standard InChI is InChI=1S/C30H34N4O3/c1-20-14-22(17-31-29(20)34-12-10-23(11-13-34)30(2,3)35)25-18-32-33-26-16-27(36-4)28(15-24(25)26)37-19-21-8-6-5-7-9-21/h5-9,14-18,23,35H,10-13,19H2,1-4H3. The van der Waals surface area contributed by atoms with Gasteiger partial charge in [0.25, 0.3) is 0 Å². The summed E-state index contributed by atoms with van der Waals surface area (Å²) >= 11 is 0. The van der Waals surface area contributed by atoms with Gasteiger partial charge in [-0.15, -0.1) is 0 Å². The molecule has 7 nitrogen and oxygen atoms in total. The van der Waals surface area contributed by atoms with Crippen LogP contribution in [-0.2, 0) is 6.61 Å². The number of fused-ring (bicyclic) bond motifs is 1. The number of aliphatic hydroxyl groups is 1. The second kappa shape index (κ2) is 10.3. The summed E-state index contributed by atoms with van der Waals surface area (Å²) in [5.41, 5.74) is 4.21. The fraction of sp³-hybridized carbons (Fsp3) is 0.367. The van der Waals surface area contributed by atoms with E-state index in [1.165, 1.54) is 0 Å². The van der Waals surface area contributed by atoms with Gasteiger partial charge in [0.05, 0.1) is 24.4 Å². The average Bonchev–Trinajstić information content (AvgIpc) is 2.91. The molecular weight excluding hydrogens is 464 g/mol. The third-order valence-electron chi connectivity index (χ3n) is 7.32. The van der Waals surface area contributed by atoms with E-state index in [1.54, 1.807) is 13.3 Å². The third-order valence-corrected chi connectivity index (χ3v) is 7.32. The highest BCUT2D eigenvalue weighted by atomic mass is 16.5. The van der Waals surface area contributed by atoms with Gasteiger partial charge in [-0.25, -0.2) is 4.98 Å². The average molecular weight is 499 g/mol. The van der Waals surface area contributed by atoms with Gasteiger partial charge in [-0.05, 0) is 62.8 Å². The van der Waals surface area contributed by atoms with Gasteiger partial charge < -0.3 is 19.5 Å². The number of nitrogens with zero attached hydrogens (tertiary/aromatic N) is 4. The second-order valence-corrected chi connectivity index (χ2v) is 10.3. The van der Waals surface area contributed by atoms with Gasteiger partial charge in [0.2, 0.25) is 0 Å². The molecule has 192 valence electrons. The number of aryl methyl sites for hydroxylation is 1. The van der Waals surface area contributed by atoms with Crippen molar-refractivity contribution < 1.29 is 14.6 Å². The van der Waals surface area contributed by atoms with Gasteiger partial charge in [-0.1, -0.05) is 30.3 Å². The fourth-order valence-corrected chi connectivity index (χ4v) is 5.15. The molecule has 7 heteroatoms. The molecule has 0 saturated carbocycles. The van der Waals surface area contributed by atoms with Crippen LogP contribution in [0.3, 0.4) is 0 Å². The van der Waals surface area contributed by atoms with E-state index >= 15 is 0 Å². The number of rotatable bonds is 7. The maximum Gasteiger partial charge on any atom is 0.163 e. The van der Waals surface area contributed by atoms with Crippen LogP contribution in [0.2, 0.25) is 0 Å². The first kappa shape index (κ1) is 25.0. The number of benzene rings is 2. The maximum atomic E-state index is 10.4. The molecule has 1 fully saturated rings. The summed E-state index contributed by atoms with van der Waals surface area (Å²) in [6.45, 7) is 8.14. The molecule has 0 spiro atoms. The largest absolute Gasteiger partial charge is 0.493 e. The summed E-state index contributed by atoms with van der Waals surface area (Å²) in [4.78, 5) is 7.19. The second-order valence-electron chi connectivity index (χ2n) is 10.3. The topological polar surface area (TPSA) is 80.6 Å². The Bertz CT molecular complexity index is 1380. The molecule has 2 aromatic carbocycles. The van der Waals surface area contributed by atoms with Crippen molar-refractivity contribution in [3.63, 3.8) is 0 Å². The molecule has 1 aliphatic heterocycles. The Balaban J connectivity index is 1.43. The van der Waals surface area contributed by atoms with Crippen LogP contribution in [0.5, 0.6) is 11.5 Å². The number of ether oxygens (including phenoxy) is 2. The van der Waals surface area contributed by atoms with Crippen LogP contribution in [0.25, 0.3) is 22.0 Å². The summed E-state index contributed by atoms with van der Waals surface area (Å²) in [5.74, 6) is 2.59. The van der Waals surface area contributed by atoms with E-state index in [-0.39, 0.29) is 0 Å². The van der Waals surface area contributed by atoms with Crippen molar-refractivity contribution in [2.75, 3.05) is 25.1 Å². The minimum atomic E-state index is -0.639. The Morgan fingerprint density at radius 2 is 1.78 bits per heavy atom. The number of pyridine rings is 1. The molecule has 5 rings (SSSR count). The van der Waals surface area contributed by atoms with Crippen LogP contribution in [0.15, 0.2) is 60.9 Å². The molecule has 2 aromatic heterocycles. The van der Waals surface area contributed by atoms with Crippen LogP contribution in [-0.4, -0.2) is 46.1 Å². The molecule has 1 N–H and O–H groups in total. The highest BCUT2D eigenvalue weighted by molar-refractivity contribution is 5.95. The van der Waals surface area contributed by atoms with Gasteiger partial charge in [0.15, 0.2) is 11.5 Å². The van der Waals surface area contributed by atoms with Crippen molar-refractivity contribution in [1.29, 1.82) is 0 Å². The number of methoxy groups -OCH3 is 1. The zero-order chi connectivity index (χ0) is 26.0. The summed E-state index contributed by atoms with van der Waals surface area (Å²) in [6, 6.07) is 16.1. The molecule has 4 aromatic rings. The predicted molar refractivity (Wildman–Crippen MR) is 146 cm³/mol. The van der Waals surface area contributed by atoms with E-state index in [0.717, 1.165) is 64.9 Å². The lowest BCUT2D eigenvalue weighted by Crippen LogP contribution is -2.42. The van der Waals surface area contributed by atoms with Gasteiger partial charge in [0.1, 0.15) is 12.4 Å². The molecule has 1 saturated heterocycles. The summed E-state index contributed by atoms with van der Waals surface area (Å²) in [7, 11) is 1.63. The normalized spacial score (nSPS) is 14.7. The van der Waals surface area contributed by atoms with Crippen molar-refractivity contribution in [2.45, 2.75) is 45.8 Å². The summed E-state index contributed by atoms with van der Waals surface area (Å²) in [6.07, 6.45) is 5.61. The monoisotopic (exact) mass is 498 g/mol. The van der Waals surface area contributed by atoms with Crippen LogP contribution >= 0.6 is 0 Å². The first-order valence-corrected chi connectivity index (χ1v) is 12.8. The number of aromatic nitrogens is 3. The van der Waals surface area contributed by atoms with Crippen molar-refractivity contribution in [3.05, 3.63) is 72.1 Å². The Morgan fingerprint density at radius 3 is 2.46 bits per heavy atom. The van der Waals surface area contributed by atoms with Crippen LogP contribution < -0.4 is 14.4 Å². The maximum absolute atomic E-state index is 10.4. The number of hydrogen-bond acceptors (Lipinski definition) is 7.